The molecule has 8 nitrogen and oxygen atoms in total. The van der Waals surface area contributed by atoms with Gasteiger partial charge in [0.25, 0.3) is 0 Å². The first kappa shape index (κ1) is 27.4. The summed E-state index contributed by atoms with van der Waals surface area (Å²) in [5.74, 6) is -0.738. The quantitative estimate of drug-likeness (QED) is 0.204. The number of hydrogen-bond donors (Lipinski definition) is 2. The van der Waals surface area contributed by atoms with Gasteiger partial charge < -0.3 is 24.8 Å². The zero-order valence-electron chi connectivity index (χ0n) is 22.2. The summed E-state index contributed by atoms with van der Waals surface area (Å²) in [5.41, 5.74) is 4.05. The summed E-state index contributed by atoms with van der Waals surface area (Å²) in [4.78, 5) is 31.5. The maximum atomic E-state index is 12.6. The van der Waals surface area contributed by atoms with Crippen LogP contribution in [0.5, 0.6) is 0 Å². The van der Waals surface area contributed by atoms with Crippen molar-refractivity contribution in [3.05, 3.63) is 107 Å². The van der Waals surface area contributed by atoms with Gasteiger partial charge in [0.15, 0.2) is 5.11 Å². The fourth-order valence-electron chi connectivity index (χ4n) is 4.79. The van der Waals surface area contributed by atoms with Crippen LogP contribution in [0.2, 0.25) is 5.02 Å². The standard InChI is InChI=1S/C30H28ClN5O3S/c1-18(2)28(37)33-22-14-13-19(17-21(22)31)36-27(26(34-30(36)40)23-10-6-7-15-32-23)25-12-8-16-35(25)24-11-5-4-9-20(24)29(38)39-3/h4-18,26-27H,1-3H3,(H,33,37)(H,34,40). The fourth-order valence-corrected chi connectivity index (χ4v) is 5.35. The molecule has 2 aromatic carbocycles. The number of nitrogens with one attached hydrogen (secondary N) is 2. The number of aromatic nitrogens is 2. The van der Waals surface area contributed by atoms with Crippen LogP contribution in [0.15, 0.2) is 85.2 Å². The van der Waals surface area contributed by atoms with Crippen LogP contribution in [0.4, 0.5) is 11.4 Å². The Morgan fingerprint density at radius 1 is 1.07 bits per heavy atom. The van der Waals surface area contributed by atoms with Crippen LogP contribution in [0.1, 0.15) is 47.7 Å². The van der Waals surface area contributed by atoms with Crippen molar-refractivity contribution in [3.8, 4) is 5.69 Å². The number of ether oxygens (including phenoxy) is 1. The van der Waals surface area contributed by atoms with Crippen LogP contribution in [-0.2, 0) is 9.53 Å². The van der Waals surface area contributed by atoms with Crippen LogP contribution in [0.3, 0.4) is 0 Å². The van der Waals surface area contributed by atoms with Gasteiger partial charge in [-0.25, -0.2) is 4.79 Å². The van der Waals surface area contributed by atoms with Gasteiger partial charge in [-0.05, 0) is 66.8 Å². The molecule has 5 rings (SSSR count). The molecule has 4 aromatic rings. The number of pyridine rings is 1. The summed E-state index contributed by atoms with van der Waals surface area (Å²) in [5, 5.41) is 7.19. The SMILES string of the molecule is COC(=O)c1ccccc1-n1cccc1C1C(c2ccccn2)NC(=S)N1c1ccc(NC(=O)C(C)C)c(Cl)c1. The molecule has 2 aromatic heterocycles. The minimum atomic E-state index is -0.431. The predicted octanol–water partition coefficient (Wildman–Crippen LogP) is 6.08. The van der Waals surface area contributed by atoms with E-state index in [-0.39, 0.29) is 23.9 Å². The van der Waals surface area contributed by atoms with Gasteiger partial charge in [-0.1, -0.05) is 43.6 Å². The maximum absolute atomic E-state index is 12.6. The van der Waals surface area contributed by atoms with Crippen molar-refractivity contribution in [2.24, 2.45) is 5.92 Å². The molecular formula is C30H28ClN5O3S. The van der Waals surface area contributed by atoms with Gasteiger partial charge in [-0.15, -0.1) is 0 Å². The van der Waals surface area contributed by atoms with Gasteiger partial charge in [-0.2, -0.15) is 0 Å². The average molecular weight is 574 g/mol. The van der Waals surface area contributed by atoms with E-state index in [2.05, 4.69) is 15.6 Å². The number of amides is 1. The minimum absolute atomic E-state index is 0.122. The highest BCUT2D eigenvalue weighted by molar-refractivity contribution is 7.80. The molecule has 0 radical (unpaired) electrons. The second kappa shape index (κ2) is 11.5. The van der Waals surface area contributed by atoms with E-state index in [1.54, 1.807) is 30.5 Å². The third kappa shape index (κ3) is 5.17. The second-order valence-electron chi connectivity index (χ2n) is 9.62. The van der Waals surface area contributed by atoms with Gasteiger partial charge >= 0.3 is 5.97 Å². The van der Waals surface area contributed by atoms with Crippen LogP contribution in [-0.4, -0.2) is 33.6 Å². The largest absolute Gasteiger partial charge is 0.465 e. The van der Waals surface area contributed by atoms with E-state index in [0.717, 1.165) is 17.1 Å². The van der Waals surface area contributed by atoms with Gasteiger partial charge in [0, 0.05) is 29.7 Å². The van der Waals surface area contributed by atoms with Crippen molar-refractivity contribution < 1.29 is 14.3 Å². The summed E-state index contributed by atoms with van der Waals surface area (Å²) in [6, 6.07) is 21.7. The molecule has 1 aliphatic heterocycles. The zero-order valence-corrected chi connectivity index (χ0v) is 23.7. The Balaban J connectivity index is 1.63. The molecule has 1 aliphatic rings. The summed E-state index contributed by atoms with van der Waals surface area (Å²) >= 11 is 12.5. The number of halogens is 1. The van der Waals surface area contributed by atoms with Crippen LogP contribution in [0.25, 0.3) is 5.69 Å². The molecule has 40 heavy (non-hydrogen) atoms. The summed E-state index contributed by atoms with van der Waals surface area (Å²) in [6.45, 7) is 3.64. The second-order valence-corrected chi connectivity index (χ2v) is 10.4. The zero-order chi connectivity index (χ0) is 28.4. The molecule has 2 unspecified atom stereocenters. The first-order valence-electron chi connectivity index (χ1n) is 12.8. The van der Waals surface area contributed by atoms with Crippen molar-refractivity contribution in [3.63, 3.8) is 0 Å². The molecule has 204 valence electrons. The maximum Gasteiger partial charge on any atom is 0.339 e. The molecule has 2 atom stereocenters. The van der Waals surface area contributed by atoms with Crippen molar-refractivity contribution in [1.82, 2.24) is 14.9 Å². The summed E-state index contributed by atoms with van der Waals surface area (Å²) in [6.07, 6.45) is 3.65. The van der Waals surface area contributed by atoms with Crippen molar-refractivity contribution in [2.45, 2.75) is 25.9 Å². The number of nitrogens with zero attached hydrogens (tertiary/aromatic N) is 3. The molecule has 2 N–H and O–H groups in total. The smallest absolute Gasteiger partial charge is 0.339 e. The number of rotatable bonds is 7. The van der Waals surface area contributed by atoms with Crippen molar-refractivity contribution in [1.29, 1.82) is 0 Å². The molecule has 1 amide bonds. The lowest BCUT2D eigenvalue weighted by Gasteiger charge is -2.29. The van der Waals surface area contributed by atoms with Crippen molar-refractivity contribution in [2.75, 3.05) is 17.3 Å². The summed E-state index contributed by atoms with van der Waals surface area (Å²) < 4.78 is 7.02. The first-order chi connectivity index (χ1) is 19.3. The minimum Gasteiger partial charge on any atom is -0.465 e. The number of hydrogen-bond acceptors (Lipinski definition) is 5. The lowest BCUT2D eigenvalue weighted by Crippen LogP contribution is -2.30. The molecular weight excluding hydrogens is 546 g/mol. The Bertz CT molecular complexity index is 1570. The molecule has 0 bridgehead atoms. The van der Waals surface area contributed by atoms with Crippen molar-refractivity contribution >= 4 is 52.2 Å². The highest BCUT2D eigenvalue weighted by Crippen LogP contribution is 2.43. The molecule has 1 saturated heterocycles. The van der Waals surface area contributed by atoms with Gasteiger partial charge in [0.2, 0.25) is 5.91 Å². The molecule has 0 aliphatic carbocycles. The monoisotopic (exact) mass is 573 g/mol. The molecule has 1 fully saturated rings. The number of methoxy groups -OCH3 is 1. The van der Waals surface area contributed by atoms with E-state index in [1.165, 1.54) is 7.11 Å². The number of benzene rings is 2. The average Bonchev–Trinajstić information content (AvgIpc) is 3.58. The van der Waals surface area contributed by atoms with Crippen LogP contribution < -0.4 is 15.5 Å². The van der Waals surface area contributed by atoms with Gasteiger partial charge in [0.1, 0.15) is 6.04 Å². The molecule has 10 heteroatoms. The lowest BCUT2D eigenvalue weighted by atomic mass is 10.0. The van der Waals surface area contributed by atoms with E-state index in [1.807, 2.05) is 78.0 Å². The Kier molecular flexibility index (Phi) is 7.86. The predicted molar refractivity (Wildman–Crippen MR) is 160 cm³/mol. The van der Waals surface area contributed by atoms with E-state index in [0.29, 0.717) is 27.1 Å². The van der Waals surface area contributed by atoms with Crippen LogP contribution >= 0.6 is 23.8 Å². The summed E-state index contributed by atoms with van der Waals surface area (Å²) in [7, 11) is 1.37. The highest BCUT2D eigenvalue weighted by atomic mass is 35.5. The first-order valence-corrected chi connectivity index (χ1v) is 13.5. The normalized spacial score (nSPS) is 16.6. The molecule has 0 saturated carbocycles. The van der Waals surface area contributed by atoms with Crippen LogP contribution in [0, 0.1) is 5.92 Å². The number of esters is 1. The Morgan fingerprint density at radius 2 is 1.85 bits per heavy atom. The Morgan fingerprint density at radius 3 is 2.55 bits per heavy atom. The number of carbonyl (C=O) groups is 2. The lowest BCUT2D eigenvalue weighted by molar-refractivity contribution is -0.118. The Hall–Kier alpha value is -4.21. The fraction of sp³-hybridized carbons (Fsp3) is 0.200. The third-order valence-electron chi connectivity index (χ3n) is 6.76. The number of anilines is 2. The van der Waals surface area contributed by atoms with E-state index < -0.39 is 5.97 Å². The van der Waals surface area contributed by atoms with Gasteiger partial charge in [-0.3, -0.25) is 9.78 Å². The number of para-hydroxylation sites is 1. The topological polar surface area (TPSA) is 88.5 Å². The molecule has 3 heterocycles. The van der Waals surface area contributed by atoms with Gasteiger partial charge in [0.05, 0.1) is 40.8 Å². The van der Waals surface area contributed by atoms with E-state index in [9.17, 15) is 9.59 Å². The van der Waals surface area contributed by atoms with E-state index in [4.69, 9.17) is 28.6 Å². The third-order valence-corrected chi connectivity index (χ3v) is 7.39. The Labute approximate surface area is 242 Å². The molecule has 0 spiro atoms. The number of carbonyl (C=O) groups excluding carboxylic acids is 2. The number of thiocarbonyl (C=S) groups is 1. The highest BCUT2D eigenvalue weighted by Gasteiger charge is 2.42. The van der Waals surface area contributed by atoms with E-state index >= 15 is 0 Å².